The van der Waals surface area contributed by atoms with Crippen LogP contribution in [-0.2, 0) is 19.9 Å². The van der Waals surface area contributed by atoms with E-state index >= 15 is 0 Å². The molecule has 0 saturated carbocycles. The van der Waals surface area contributed by atoms with Gasteiger partial charge in [-0.1, -0.05) is 79.8 Å². The highest BCUT2D eigenvalue weighted by Gasteiger charge is 2.25. The van der Waals surface area contributed by atoms with Gasteiger partial charge in [-0.3, -0.25) is 4.18 Å². The zero-order chi connectivity index (χ0) is 17.2. The fourth-order valence-electron chi connectivity index (χ4n) is 1.73. The fraction of sp³-hybridized carbons (Fsp3) is 0.571. The Balaban J connectivity index is 2.74. The maximum absolute atomic E-state index is 11.8. The van der Waals surface area contributed by atoms with Crippen LogP contribution in [0.1, 0.15) is 44.9 Å². The van der Waals surface area contributed by atoms with Crippen LogP contribution >= 0.6 is 34.8 Å². The van der Waals surface area contributed by atoms with Crippen LogP contribution in [0, 0.1) is 0 Å². The maximum atomic E-state index is 11.8. The lowest BCUT2D eigenvalue weighted by Crippen LogP contribution is -2.31. The molecule has 1 unspecified atom stereocenters. The lowest BCUT2D eigenvalue weighted by molar-refractivity contribution is 0.314. The Kier molecular flexibility index (Phi) is 6.58. The number of rotatable bonds is 5. The first-order chi connectivity index (χ1) is 9.80. The van der Waals surface area contributed by atoms with Crippen LogP contribution in [0.4, 0.5) is 0 Å². The summed E-state index contributed by atoms with van der Waals surface area (Å²) >= 11 is 16.4. The fourth-order valence-corrected chi connectivity index (χ4v) is 3.06. The Bertz CT molecular complexity index is 589. The van der Waals surface area contributed by atoms with Gasteiger partial charge >= 0.3 is 10.3 Å². The molecule has 0 fully saturated rings. The largest absolute Gasteiger partial charge is 0.336 e. The number of hydrogen-bond acceptors (Lipinski definition) is 3. The minimum atomic E-state index is -4.00. The van der Waals surface area contributed by atoms with Gasteiger partial charge in [0.25, 0.3) is 0 Å². The van der Waals surface area contributed by atoms with Crippen LogP contribution in [0.5, 0.6) is 0 Å². The summed E-state index contributed by atoms with van der Waals surface area (Å²) in [7, 11) is -4.00. The van der Waals surface area contributed by atoms with Crippen LogP contribution in [0.25, 0.3) is 0 Å². The molecular formula is C14H20Cl3NO3S. The lowest BCUT2D eigenvalue weighted by atomic mass is 9.86. The molecule has 1 aromatic rings. The van der Waals surface area contributed by atoms with Gasteiger partial charge in [-0.05, 0) is 23.5 Å². The van der Waals surface area contributed by atoms with Gasteiger partial charge in [0.1, 0.15) is 6.61 Å². The summed E-state index contributed by atoms with van der Waals surface area (Å²) in [5, 5.41) is 0. The Morgan fingerprint density at radius 3 is 2.05 bits per heavy atom. The number of alkyl halides is 3. The molecule has 0 heterocycles. The first-order valence-corrected chi connectivity index (χ1v) is 9.18. The molecule has 4 nitrogen and oxygen atoms in total. The second kappa shape index (κ2) is 7.24. The normalized spacial score (nSPS) is 14.9. The molecule has 0 aromatic heterocycles. The van der Waals surface area contributed by atoms with Crippen LogP contribution in [0.2, 0.25) is 0 Å². The van der Waals surface area contributed by atoms with E-state index in [2.05, 4.69) is 29.7 Å². The van der Waals surface area contributed by atoms with E-state index in [-0.39, 0.29) is 5.41 Å². The van der Waals surface area contributed by atoms with Gasteiger partial charge in [0.2, 0.25) is 3.79 Å². The zero-order valence-electron chi connectivity index (χ0n) is 12.9. The Hall–Kier alpha value is -0.0400. The van der Waals surface area contributed by atoms with Crippen LogP contribution in [-0.4, -0.2) is 18.8 Å². The van der Waals surface area contributed by atoms with Crippen molar-refractivity contribution in [2.75, 3.05) is 6.61 Å². The monoisotopic (exact) mass is 388 g/mol. The summed E-state index contributed by atoms with van der Waals surface area (Å²) < 4.78 is 28.8. The van der Waals surface area contributed by atoms with Crippen molar-refractivity contribution in [2.45, 2.75) is 42.9 Å². The summed E-state index contributed by atoms with van der Waals surface area (Å²) in [5.41, 5.74) is 2.02. The summed E-state index contributed by atoms with van der Waals surface area (Å²) in [6.45, 7) is 7.49. The van der Waals surface area contributed by atoms with Crippen LogP contribution < -0.4 is 4.72 Å². The standard InChI is InChI=1S/C14H20Cl3NO3S/c1-10(18-22(19,20)21-9-14(15,16)17)11-5-7-12(8-6-11)13(2,3)4/h5-8,10,18H,9H2,1-4H3/i18+1. The second-order valence-electron chi connectivity index (χ2n) is 6.04. The quantitative estimate of drug-likeness (QED) is 0.604. The van der Waals surface area contributed by atoms with Gasteiger partial charge in [0, 0.05) is 6.04 Å². The number of hydrogen-bond donors (Lipinski definition) is 1. The third-order valence-corrected chi connectivity index (χ3v) is 4.37. The van der Waals surface area contributed by atoms with E-state index in [0.29, 0.717) is 0 Å². The van der Waals surface area contributed by atoms with Crippen molar-refractivity contribution in [1.29, 1.82) is 0 Å². The third kappa shape index (κ3) is 7.02. The average Bonchev–Trinajstić information content (AvgIpc) is 2.34. The molecule has 0 spiro atoms. The topological polar surface area (TPSA) is 55.4 Å². The molecule has 0 saturated heterocycles. The third-order valence-electron chi connectivity index (χ3n) is 2.98. The van der Waals surface area contributed by atoms with Crippen molar-refractivity contribution >= 4 is 45.1 Å². The summed E-state index contributed by atoms with van der Waals surface area (Å²) in [6, 6.07) is 7.24. The summed E-state index contributed by atoms with van der Waals surface area (Å²) in [4.78, 5) is 0. The number of halogens is 3. The maximum Gasteiger partial charge on any atom is 0.336 e. The highest BCUT2D eigenvalue weighted by atomic mass is 35.6. The van der Waals surface area contributed by atoms with Gasteiger partial charge in [0.05, 0.1) is 0 Å². The van der Waals surface area contributed by atoms with E-state index < -0.39 is 26.7 Å². The molecule has 126 valence electrons. The molecular weight excluding hydrogens is 370 g/mol. The van der Waals surface area contributed by atoms with Crippen molar-refractivity contribution in [1.82, 2.24) is 4.72 Å². The predicted molar refractivity (Wildman–Crippen MR) is 91.9 cm³/mol. The van der Waals surface area contributed by atoms with Crippen LogP contribution in [0.3, 0.4) is 0 Å². The second-order valence-corrected chi connectivity index (χ2v) is 9.94. The highest BCUT2D eigenvalue weighted by molar-refractivity contribution is 7.84. The lowest BCUT2D eigenvalue weighted by Gasteiger charge is -2.21. The van der Waals surface area contributed by atoms with Crippen molar-refractivity contribution in [3.8, 4) is 0 Å². The Morgan fingerprint density at radius 2 is 1.64 bits per heavy atom. The van der Waals surface area contributed by atoms with Crippen molar-refractivity contribution < 1.29 is 12.6 Å². The summed E-state index contributed by atoms with van der Waals surface area (Å²) in [5.74, 6) is 0. The van der Waals surface area contributed by atoms with Gasteiger partial charge < -0.3 is 0 Å². The summed E-state index contributed by atoms with van der Waals surface area (Å²) in [6.07, 6.45) is 0. The molecule has 0 radical (unpaired) electrons. The minimum absolute atomic E-state index is 0.0365. The van der Waals surface area contributed by atoms with E-state index in [9.17, 15) is 8.42 Å². The van der Waals surface area contributed by atoms with E-state index in [1.165, 1.54) is 5.56 Å². The first-order valence-electron chi connectivity index (χ1n) is 6.64. The zero-order valence-corrected chi connectivity index (χ0v) is 15.9. The van der Waals surface area contributed by atoms with Crippen molar-refractivity contribution in [3.05, 3.63) is 35.4 Å². The highest BCUT2D eigenvalue weighted by Crippen LogP contribution is 2.27. The van der Waals surface area contributed by atoms with Gasteiger partial charge in [-0.25, -0.2) is 0 Å². The molecule has 1 rings (SSSR count). The number of nitrogens with one attached hydrogen (secondary N) is 1. The number of benzene rings is 1. The molecule has 0 aliphatic carbocycles. The molecule has 8 heteroatoms. The minimum Gasteiger partial charge on any atom is -0.254 e. The van der Waals surface area contributed by atoms with Crippen molar-refractivity contribution in [3.63, 3.8) is 0 Å². The molecule has 0 amide bonds. The van der Waals surface area contributed by atoms with Crippen molar-refractivity contribution in [2.24, 2.45) is 0 Å². The van der Waals surface area contributed by atoms with Gasteiger partial charge in [-0.2, -0.15) is 13.1 Å². The average molecular weight is 390 g/mol. The van der Waals surface area contributed by atoms with Gasteiger partial charge in [0.15, 0.2) is 0 Å². The molecule has 0 aliphatic rings. The molecule has 0 aliphatic heterocycles. The Labute approximate surface area is 147 Å². The van der Waals surface area contributed by atoms with E-state index in [1.54, 1.807) is 6.92 Å². The predicted octanol–water partition coefficient (Wildman–Crippen LogP) is 4.27. The first kappa shape index (κ1) is 20.0. The molecule has 1 atom stereocenters. The molecule has 1 N–H and O–H groups in total. The molecule has 22 heavy (non-hydrogen) atoms. The van der Waals surface area contributed by atoms with Crippen LogP contribution in [0.15, 0.2) is 24.3 Å². The molecule has 1 aromatic carbocycles. The molecule has 0 bridgehead atoms. The van der Waals surface area contributed by atoms with E-state index in [0.717, 1.165) is 5.56 Å². The SMILES string of the molecule is CC([15NH]S(=O)(=O)OCC(Cl)(Cl)Cl)c1ccc(C(C)(C)C)cc1. The van der Waals surface area contributed by atoms with E-state index in [4.69, 9.17) is 34.8 Å². The Morgan fingerprint density at radius 1 is 1.14 bits per heavy atom. The van der Waals surface area contributed by atoms with E-state index in [1.807, 2.05) is 24.3 Å². The smallest absolute Gasteiger partial charge is 0.254 e. The van der Waals surface area contributed by atoms with Gasteiger partial charge in [-0.15, -0.1) is 0 Å².